The number of amides is 2. The van der Waals surface area contributed by atoms with Gasteiger partial charge in [0.25, 0.3) is 17.5 Å². The Morgan fingerprint density at radius 1 is 1.16 bits per heavy atom. The van der Waals surface area contributed by atoms with Crippen molar-refractivity contribution in [2.24, 2.45) is 0 Å². The van der Waals surface area contributed by atoms with Crippen LogP contribution in [-0.2, 0) is 4.79 Å². The Bertz CT molecular complexity index is 955. The Labute approximate surface area is 142 Å². The van der Waals surface area contributed by atoms with Gasteiger partial charge in [0.1, 0.15) is 7.85 Å². The number of nitrogens with zero attached hydrogens (tertiary/aromatic N) is 2. The van der Waals surface area contributed by atoms with Crippen molar-refractivity contribution in [3.63, 3.8) is 0 Å². The number of benzene rings is 2. The number of non-ortho nitro benzene ring substituents is 1. The Kier molecular flexibility index (Phi) is 4.00. The van der Waals surface area contributed by atoms with E-state index in [2.05, 4.69) is 0 Å². The number of hydrogen-bond donors (Lipinski definition) is 1. The first-order valence-electron chi connectivity index (χ1n) is 7.39. The number of carbonyl (C=O) groups excluding carboxylic acids is 2. The van der Waals surface area contributed by atoms with Crippen LogP contribution in [0.2, 0.25) is 0 Å². The third kappa shape index (κ3) is 2.84. The number of imide groups is 1. The lowest BCUT2D eigenvalue weighted by molar-refractivity contribution is -0.384. The van der Waals surface area contributed by atoms with Gasteiger partial charge in [0.05, 0.1) is 10.5 Å². The maximum absolute atomic E-state index is 12.7. The van der Waals surface area contributed by atoms with Gasteiger partial charge in [-0.15, -0.1) is 0 Å². The lowest BCUT2D eigenvalue weighted by atomic mass is 9.86. The smallest absolute Gasteiger partial charge is 0.303 e. The van der Waals surface area contributed by atoms with E-state index in [1.807, 2.05) is 0 Å². The zero-order valence-electron chi connectivity index (χ0n) is 12.9. The summed E-state index contributed by atoms with van der Waals surface area (Å²) < 4.78 is 0. The van der Waals surface area contributed by atoms with E-state index in [-0.39, 0.29) is 41.7 Å². The second-order valence-electron chi connectivity index (χ2n) is 5.68. The molecule has 2 aromatic rings. The minimum atomic E-state index is -1.04. The minimum Gasteiger partial charge on any atom is -0.481 e. The number of hydrogen-bond acceptors (Lipinski definition) is 5. The van der Waals surface area contributed by atoms with E-state index in [0.29, 0.717) is 10.8 Å². The first-order valence-corrected chi connectivity index (χ1v) is 7.39. The van der Waals surface area contributed by atoms with Crippen LogP contribution in [-0.4, -0.2) is 47.1 Å². The lowest BCUT2D eigenvalue weighted by Crippen LogP contribution is -2.41. The van der Waals surface area contributed by atoms with Crippen molar-refractivity contribution >= 4 is 47.6 Å². The molecular weight excluding hydrogens is 327 g/mol. The van der Waals surface area contributed by atoms with Gasteiger partial charge in [0, 0.05) is 36.0 Å². The van der Waals surface area contributed by atoms with Gasteiger partial charge in [0.15, 0.2) is 0 Å². The van der Waals surface area contributed by atoms with Crippen molar-refractivity contribution in [1.82, 2.24) is 4.90 Å². The molecule has 3 rings (SSSR count). The second kappa shape index (κ2) is 6.01. The third-order valence-corrected chi connectivity index (χ3v) is 3.99. The first kappa shape index (κ1) is 16.6. The summed E-state index contributed by atoms with van der Waals surface area (Å²) in [6.07, 6.45) is -0.117. The highest BCUT2D eigenvalue weighted by Gasteiger charge is 2.34. The molecule has 2 amide bonds. The molecule has 2 aromatic carbocycles. The average Bonchev–Trinajstić information content (AvgIpc) is 2.54. The van der Waals surface area contributed by atoms with Gasteiger partial charge in [-0.1, -0.05) is 17.6 Å². The highest BCUT2D eigenvalue weighted by atomic mass is 16.6. The molecule has 1 aliphatic rings. The van der Waals surface area contributed by atoms with Crippen molar-refractivity contribution in [3.8, 4) is 0 Å². The summed E-state index contributed by atoms with van der Waals surface area (Å²) in [6, 6.07) is 5.27. The number of nitro groups is 1. The van der Waals surface area contributed by atoms with Crippen LogP contribution in [0.15, 0.2) is 24.3 Å². The molecule has 0 atom stereocenters. The van der Waals surface area contributed by atoms with Gasteiger partial charge in [-0.3, -0.25) is 29.4 Å². The van der Waals surface area contributed by atoms with Crippen LogP contribution in [0.3, 0.4) is 0 Å². The highest BCUT2D eigenvalue weighted by Crippen LogP contribution is 2.33. The highest BCUT2D eigenvalue weighted by molar-refractivity contribution is 6.36. The fourth-order valence-electron chi connectivity index (χ4n) is 2.94. The molecule has 0 fully saturated rings. The predicted molar refractivity (Wildman–Crippen MR) is 88.2 cm³/mol. The quantitative estimate of drug-likeness (QED) is 0.376. The molecule has 1 aliphatic heterocycles. The standard InChI is InChI=1S/C16H11BN2O6/c17-9-4-8-5-10(19(24)25)7-12-14(8)11(6-9)15(22)18(16(12)23)3-1-2-13(20)21/h4-7H,1-3H2,(H,20,21). The minimum absolute atomic E-state index is 0.0362. The topological polar surface area (TPSA) is 118 Å². The molecule has 0 unspecified atom stereocenters. The Balaban J connectivity index is 2.15. The molecule has 25 heavy (non-hydrogen) atoms. The number of rotatable bonds is 5. The molecule has 2 radical (unpaired) electrons. The normalized spacial score (nSPS) is 13.4. The number of carbonyl (C=O) groups is 3. The Hall–Kier alpha value is -3.23. The van der Waals surface area contributed by atoms with E-state index < -0.39 is 22.7 Å². The van der Waals surface area contributed by atoms with Crippen LogP contribution in [0, 0.1) is 10.1 Å². The van der Waals surface area contributed by atoms with Gasteiger partial charge in [-0.2, -0.15) is 0 Å². The number of aliphatic carboxylic acids is 1. The zero-order valence-corrected chi connectivity index (χ0v) is 12.9. The maximum atomic E-state index is 12.7. The van der Waals surface area contributed by atoms with Crippen LogP contribution < -0.4 is 5.46 Å². The van der Waals surface area contributed by atoms with E-state index in [1.54, 1.807) is 0 Å². The van der Waals surface area contributed by atoms with Crippen LogP contribution in [0.4, 0.5) is 5.69 Å². The number of carboxylic acid groups (broad SMARTS) is 1. The Morgan fingerprint density at radius 2 is 1.80 bits per heavy atom. The van der Waals surface area contributed by atoms with Crippen molar-refractivity contribution in [1.29, 1.82) is 0 Å². The molecule has 1 heterocycles. The molecule has 0 spiro atoms. The van der Waals surface area contributed by atoms with E-state index in [1.165, 1.54) is 18.2 Å². The predicted octanol–water partition coefficient (Wildman–Crippen LogP) is 1.00. The molecule has 1 N–H and O–H groups in total. The molecule has 0 saturated carbocycles. The van der Waals surface area contributed by atoms with Gasteiger partial charge in [0.2, 0.25) is 0 Å². The third-order valence-electron chi connectivity index (χ3n) is 3.99. The SMILES string of the molecule is [B]c1cc2c3c(cc([N+](=O)[O-])cc3c1)C(=O)N(CCCC(=O)O)C2=O. The molecule has 0 bridgehead atoms. The summed E-state index contributed by atoms with van der Waals surface area (Å²) in [5, 5.41) is 20.5. The van der Waals surface area contributed by atoms with E-state index in [4.69, 9.17) is 13.0 Å². The maximum Gasteiger partial charge on any atom is 0.303 e. The van der Waals surface area contributed by atoms with Gasteiger partial charge < -0.3 is 5.11 Å². The van der Waals surface area contributed by atoms with Crippen molar-refractivity contribution in [2.75, 3.05) is 6.54 Å². The van der Waals surface area contributed by atoms with E-state index in [0.717, 1.165) is 11.0 Å². The van der Waals surface area contributed by atoms with Crippen LogP contribution in [0.25, 0.3) is 10.8 Å². The van der Waals surface area contributed by atoms with Gasteiger partial charge >= 0.3 is 5.97 Å². The lowest BCUT2D eigenvalue weighted by Gasteiger charge is -2.27. The fourth-order valence-corrected chi connectivity index (χ4v) is 2.94. The van der Waals surface area contributed by atoms with Crippen molar-refractivity contribution in [2.45, 2.75) is 12.8 Å². The first-order chi connectivity index (χ1) is 11.8. The average molecular weight is 338 g/mol. The summed E-state index contributed by atoms with van der Waals surface area (Å²) in [5.41, 5.74) is 0.165. The number of carboxylic acids is 1. The summed E-state index contributed by atoms with van der Waals surface area (Å²) in [6.45, 7) is -0.0949. The molecule has 0 saturated heterocycles. The summed E-state index contributed by atoms with van der Waals surface area (Å²) in [5.74, 6) is -2.31. The van der Waals surface area contributed by atoms with Crippen LogP contribution >= 0.6 is 0 Å². The van der Waals surface area contributed by atoms with E-state index >= 15 is 0 Å². The molecule has 9 heteroatoms. The molecule has 8 nitrogen and oxygen atoms in total. The zero-order chi connectivity index (χ0) is 18.3. The molecule has 124 valence electrons. The van der Waals surface area contributed by atoms with Crippen molar-refractivity contribution < 1.29 is 24.4 Å². The van der Waals surface area contributed by atoms with Gasteiger partial charge in [-0.25, -0.2) is 0 Å². The second-order valence-corrected chi connectivity index (χ2v) is 5.68. The number of nitro benzene ring substituents is 1. The summed E-state index contributed by atoms with van der Waals surface area (Å²) in [7, 11) is 5.78. The summed E-state index contributed by atoms with van der Waals surface area (Å²) >= 11 is 0. The molecular formula is C16H11BN2O6. The van der Waals surface area contributed by atoms with Crippen LogP contribution in [0.1, 0.15) is 33.6 Å². The van der Waals surface area contributed by atoms with Crippen LogP contribution in [0.5, 0.6) is 0 Å². The van der Waals surface area contributed by atoms with Crippen molar-refractivity contribution in [3.05, 3.63) is 45.5 Å². The van der Waals surface area contributed by atoms with Gasteiger partial charge in [-0.05, 0) is 11.8 Å². The fraction of sp³-hybridized carbons (Fsp3) is 0.188. The Morgan fingerprint density at radius 3 is 2.40 bits per heavy atom. The monoisotopic (exact) mass is 338 g/mol. The molecule has 0 aromatic heterocycles. The van der Waals surface area contributed by atoms with E-state index in [9.17, 15) is 24.5 Å². The molecule has 0 aliphatic carbocycles. The summed E-state index contributed by atoms with van der Waals surface area (Å²) in [4.78, 5) is 47.3. The largest absolute Gasteiger partial charge is 0.481 e.